The third-order valence-electron chi connectivity index (χ3n) is 8.05. The molecule has 200 valence electrons. The molecule has 2 fully saturated rings. The number of hydrogen-bond acceptors (Lipinski definition) is 7. The highest BCUT2D eigenvalue weighted by Gasteiger charge is 2.31. The SMILES string of the molecule is O=C(C1CCCC1)N1CCC(n2cc(-c3cnc4cnn(S(=O)(=O)c5cnc6ccccn56)c4c3)cn2)CC1. The van der Waals surface area contributed by atoms with E-state index in [9.17, 15) is 13.2 Å². The molecule has 1 saturated carbocycles. The molecule has 0 bridgehead atoms. The summed E-state index contributed by atoms with van der Waals surface area (Å²) in [6, 6.07) is 7.29. The maximum Gasteiger partial charge on any atom is 0.301 e. The van der Waals surface area contributed by atoms with Crippen LogP contribution in [0.3, 0.4) is 0 Å². The molecule has 12 heteroatoms. The monoisotopic (exact) mass is 544 g/mol. The Bertz CT molecular complexity index is 1790. The van der Waals surface area contributed by atoms with E-state index in [-0.39, 0.29) is 17.0 Å². The van der Waals surface area contributed by atoms with Crippen LogP contribution in [0.4, 0.5) is 0 Å². The van der Waals surface area contributed by atoms with Gasteiger partial charge in [-0.1, -0.05) is 18.9 Å². The number of rotatable bonds is 5. The molecule has 0 radical (unpaired) electrons. The van der Waals surface area contributed by atoms with Gasteiger partial charge >= 0.3 is 10.0 Å². The van der Waals surface area contributed by atoms with Crippen molar-refractivity contribution >= 4 is 32.6 Å². The maximum atomic E-state index is 13.6. The Morgan fingerprint density at radius 1 is 0.897 bits per heavy atom. The molecule has 1 amide bonds. The largest absolute Gasteiger partial charge is 0.342 e. The van der Waals surface area contributed by atoms with Crippen molar-refractivity contribution in [3.8, 4) is 11.1 Å². The Balaban J connectivity index is 1.13. The summed E-state index contributed by atoms with van der Waals surface area (Å²) in [4.78, 5) is 23.5. The predicted molar refractivity (Wildman–Crippen MR) is 143 cm³/mol. The molecule has 7 rings (SSSR count). The number of carbonyl (C=O) groups is 1. The van der Waals surface area contributed by atoms with Crippen molar-refractivity contribution in [3.05, 3.63) is 61.4 Å². The summed E-state index contributed by atoms with van der Waals surface area (Å²) < 4.78 is 31.6. The molecule has 1 aliphatic heterocycles. The zero-order chi connectivity index (χ0) is 26.6. The fourth-order valence-electron chi connectivity index (χ4n) is 5.89. The summed E-state index contributed by atoms with van der Waals surface area (Å²) >= 11 is 0. The third-order valence-corrected chi connectivity index (χ3v) is 9.63. The summed E-state index contributed by atoms with van der Waals surface area (Å²) in [6.07, 6.45) is 16.0. The summed E-state index contributed by atoms with van der Waals surface area (Å²) in [5.74, 6) is 0.534. The lowest BCUT2D eigenvalue weighted by atomic mass is 10.0. The van der Waals surface area contributed by atoms with Crippen molar-refractivity contribution < 1.29 is 13.2 Å². The van der Waals surface area contributed by atoms with E-state index in [1.54, 1.807) is 42.9 Å². The average Bonchev–Trinajstić information content (AvgIpc) is 3.78. The molecule has 5 aromatic rings. The van der Waals surface area contributed by atoms with E-state index in [4.69, 9.17) is 0 Å². The second kappa shape index (κ2) is 9.30. The Hall–Kier alpha value is -4.06. The number of imidazole rings is 1. The number of carbonyl (C=O) groups excluding carboxylic acids is 1. The average molecular weight is 545 g/mol. The van der Waals surface area contributed by atoms with Crippen LogP contribution in [0.15, 0.2) is 66.5 Å². The summed E-state index contributed by atoms with van der Waals surface area (Å²) in [5, 5.41) is 8.80. The highest BCUT2D eigenvalue weighted by atomic mass is 32.2. The minimum atomic E-state index is -4.02. The lowest BCUT2D eigenvalue weighted by Gasteiger charge is -2.33. The van der Waals surface area contributed by atoms with Gasteiger partial charge in [0.15, 0.2) is 5.03 Å². The number of amides is 1. The fourth-order valence-corrected chi connectivity index (χ4v) is 7.23. The second-order valence-corrected chi connectivity index (χ2v) is 12.1. The Kier molecular flexibility index (Phi) is 5.72. The van der Waals surface area contributed by atoms with Crippen molar-refractivity contribution in [2.75, 3.05) is 13.1 Å². The first-order valence-electron chi connectivity index (χ1n) is 13.3. The van der Waals surface area contributed by atoms with Crippen LogP contribution in [0.1, 0.15) is 44.6 Å². The number of fused-ring (bicyclic) bond motifs is 2. The van der Waals surface area contributed by atoms with Crippen LogP contribution in [-0.4, -0.2) is 65.6 Å². The fraction of sp³-hybridized carbons (Fsp3) is 0.370. The van der Waals surface area contributed by atoms with Crippen molar-refractivity contribution in [1.29, 1.82) is 0 Å². The molecule has 39 heavy (non-hydrogen) atoms. The third kappa shape index (κ3) is 4.10. The molecule has 5 aromatic heterocycles. The topological polar surface area (TPSA) is 120 Å². The Morgan fingerprint density at radius 3 is 2.54 bits per heavy atom. The zero-order valence-corrected chi connectivity index (χ0v) is 22.1. The summed E-state index contributed by atoms with van der Waals surface area (Å²) in [5.41, 5.74) is 2.98. The Labute approximate surface area is 225 Å². The van der Waals surface area contributed by atoms with Gasteiger partial charge in [-0.25, -0.2) is 4.98 Å². The zero-order valence-electron chi connectivity index (χ0n) is 21.3. The van der Waals surface area contributed by atoms with E-state index in [2.05, 4.69) is 20.2 Å². The maximum absolute atomic E-state index is 13.6. The lowest BCUT2D eigenvalue weighted by Crippen LogP contribution is -2.41. The van der Waals surface area contributed by atoms with Gasteiger partial charge in [0.1, 0.15) is 16.7 Å². The van der Waals surface area contributed by atoms with Gasteiger partial charge in [0.25, 0.3) is 0 Å². The smallest absolute Gasteiger partial charge is 0.301 e. The quantitative estimate of drug-likeness (QED) is 0.332. The second-order valence-electron chi connectivity index (χ2n) is 10.4. The van der Waals surface area contributed by atoms with E-state index >= 15 is 0 Å². The Morgan fingerprint density at radius 2 is 1.72 bits per heavy atom. The van der Waals surface area contributed by atoms with Gasteiger partial charge in [0, 0.05) is 48.7 Å². The molecule has 2 aliphatic rings. The molecule has 0 aromatic carbocycles. The first-order chi connectivity index (χ1) is 19.0. The lowest BCUT2D eigenvalue weighted by molar-refractivity contribution is -0.136. The van der Waals surface area contributed by atoms with E-state index in [1.807, 2.05) is 15.8 Å². The van der Waals surface area contributed by atoms with E-state index < -0.39 is 10.0 Å². The van der Waals surface area contributed by atoms with Crippen LogP contribution >= 0.6 is 0 Å². The van der Waals surface area contributed by atoms with Gasteiger partial charge in [0.05, 0.1) is 24.6 Å². The summed E-state index contributed by atoms with van der Waals surface area (Å²) in [6.45, 7) is 1.51. The van der Waals surface area contributed by atoms with Gasteiger partial charge in [-0.2, -0.15) is 22.7 Å². The molecule has 0 atom stereocenters. The first-order valence-corrected chi connectivity index (χ1v) is 14.8. The molecule has 0 spiro atoms. The number of pyridine rings is 2. The molecule has 0 unspecified atom stereocenters. The normalized spacial score (nSPS) is 17.5. The van der Waals surface area contributed by atoms with E-state index in [0.717, 1.165) is 66.8 Å². The van der Waals surface area contributed by atoms with Gasteiger partial charge in [-0.15, -0.1) is 0 Å². The molecule has 1 saturated heterocycles. The van der Waals surface area contributed by atoms with Crippen LogP contribution in [-0.2, 0) is 14.8 Å². The number of hydrogen-bond donors (Lipinski definition) is 0. The van der Waals surface area contributed by atoms with Crippen LogP contribution in [0, 0.1) is 5.92 Å². The van der Waals surface area contributed by atoms with Crippen molar-refractivity contribution in [2.24, 2.45) is 5.92 Å². The molecule has 0 N–H and O–H groups in total. The van der Waals surface area contributed by atoms with Crippen molar-refractivity contribution in [3.63, 3.8) is 0 Å². The predicted octanol–water partition coefficient (Wildman–Crippen LogP) is 3.53. The first kappa shape index (κ1) is 24.0. The standard InChI is InChI=1S/C27H28N8O3S/c36-27(19-5-1-2-6-19)32-11-8-22(9-12-32)34-18-21(15-30-34)20-13-24-23(28-14-20)16-31-35(24)39(37,38)26-17-29-25-7-3-4-10-33(25)26/h3-4,7,10,13-19,22H,1-2,5-6,8-9,11-12H2. The van der Waals surface area contributed by atoms with E-state index in [1.165, 1.54) is 16.8 Å². The molecule has 1 aliphatic carbocycles. The molecule has 11 nitrogen and oxygen atoms in total. The minimum Gasteiger partial charge on any atom is -0.342 e. The van der Waals surface area contributed by atoms with Gasteiger partial charge < -0.3 is 4.90 Å². The van der Waals surface area contributed by atoms with Gasteiger partial charge in [-0.3, -0.25) is 18.9 Å². The molecule has 6 heterocycles. The van der Waals surface area contributed by atoms with Crippen molar-refractivity contribution in [1.82, 2.24) is 38.2 Å². The highest BCUT2D eigenvalue weighted by Crippen LogP contribution is 2.31. The van der Waals surface area contributed by atoms with Crippen LogP contribution in [0.2, 0.25) is 0 Å². The number of aromatic nitrogens is 7. The highest BCUT2D eigenvalue weighted by molar-refractivity contribution is 7.90. The van der Waals surface area contributed by atoms with Crippen LogP contribution in [0.5, 0.6) is 0 Å². The van der Waals surface area contributed by atoms with E-state index in [0.29, 0.717) is 22.6 Å². The van der Waals surface area contributed by atoms with Gasteiger partial charge in [-0.05, 0) is 43.9 Å². The number of piperidine rings is 1. The molecular formula is C27H28N8O3S. The van der Waals surface area contributed by atoms with Crippen LogP contribution < -0.4 is 0 Å². The number of nitrogens with zero attached hydrogens (tertiary/aromatic N) is 8. The molecular weight excluding hydrogens is 516 g/mol. The van der Waals surface area contributed by atoms with Gasteiger partial charge in [0.2, 0.25) is 5.91 Å². The summed E-state index contributed by atoms with van der Waals surface area (Å²) in [7, 11) is -4.02. The van der Waals surface area contributed by atoms with Crippen LogP contribution in [0.25, 0.3) is 27.8 Å². The van der Waals surface area contributed by atoms with Crippen molar-refractivity contribution in [2.45, 2.75) is 49.6 Å². The number of likely N-dealkylation sites (tertiary alicyclic amines) is 1. The minimum absolute atomic E-state index is 0.0269.